The summed E-state index contributed by atoms with van der Waals surface area (Å²) in [6.07, 6.45) is 8.63. The molecule has 1 unspecified atom stereocenters. The Morgan fingerprint density at radius 3 is 2.10 bits per heavy atom. The largest absolute Gasteiger partial charge is 0.496 e. The van der Waals surface area contributed by atoms with Crippen LogP contribution in [0.25, 0.3) is 0 Å². The zero-order valence-electron chi connectivity index (χ0n) is 13.7. The van der Waals surface area contributed by atoms with Gasteiger partial charge in [0, 0.05) is 0 Å². The molecule has 0 bridgehead atoms. The molecular formula is C17H30N2O2. The first kappa shape index (κ1) is 17.8. The van der Waals surface area contributed by atoms with Gasteiger partial charge in [-0.3, -0.25) is 11.3 Å². The maximum absolute atomic E-state index is 5.75. The van der Waals surface area contributed by atoms with Crippen LogP contribution in [0.3, 0.4) is 0 Å². The molecule has 0 aromatic heterocycles. The van der Waals surface area contributed by atoms with E-state index in [0.717, 1.165) is 29.9 Å². The summed E-state index contributed by atoms with van der Waals surface area (Å²) >= 11 is 0. The molecule has 120 valence electrons. The number of hydrogen-bond donors (Lipinski definition) is 2. The molecule has 0 fully saturated rings. The molecule has 3 N–H and O–H groups in total. The maximum Gasteiger partial charge on any atom is 0.127 e. The average molecular weight is 294 g/mol. The highest BCUT2D eigenvalue weighted by Gasteiger charge is 2.19. The van der Waals surface area contributed by atoms with Crippen LogP contribution in [0.15, 0.2) is 18.2 Å². The van der Waals surface area contributed by atoms with E-state index in [1.165, 1.54) is 32.1 Å². The van der Waals surface area contributed by atoms with E-state index < -0.39 is 0 Å². The number of benzene rings is 1. The van der Waals surface area contributed by atoms with Crippen molar-refractivity contribution in [2.75, 3.05) is 14.2 Å². The number of hydrogen-bond acceptors (Lipinski definition) is 4. The highest BCUT2D eigenvalue weighted by Crippen LogP contribution is 2.35. The van der Waals surface area contributed by atoms with Crippen molar-refractivity contribution in [3.05, 3.63) is 23.8 Å². The molecule has 1 aromatic rings. The van der Waals surface area contributed by atoms with Crippen molar-refractivity contribution in [2.45, 2.75) is 57.9 Å². The minimum atomic E-state index is 0.0577. The average Bonchev–Trinajstić information content (AvgIpc) is 2.53. The van der Waals surface area contributed by atoms with E-state index in [-0.39, 0.29) is 6.04 Å². The molecule has 0 saturated carbocycles. The summed E-state index contributed by atoms with van der Waals surface area (Å²) in [5, 5.41) is 0. The first-order chi connectivity index (χ1) is 10.3. The molecule has 1 aromatic carbocycles. The van der Waals surface area contributed by atoms with Gasteiger partial charge in [-0.2, -0.15) is 0 Å². The quantitative estimate of drug-likeness (QED) is 0.368. The minimum Gasteiger partial charge on any atom is -0.496 e. The van der Waals surface area contributed by atoms with Gasteiger partial charge in [0.25, 0.3) is 0 Å². The molecule has 1 rings (SSSR count). The van der Waals surface area contributed by atoms with Gasteiger partial charge >= 0.3 is 0 Å². The van der Waals surface area contributed by atoms with Crippen LogP contribution in [0.1, 0.15) is 63.5 Å². The second kappa shape index (κ2) is 10.5. The van der Waals surface area contributed by atoms with Gasteiger partial charge in [-0.15, -0.1) is 0 Å². The Hall–Kier alpha value is -1.26. The van der Waals surface area contributed by atoms with E-state index in [1.807, 2.05) is 18.2 Å². The van der Waals surface area contributed by atoms with E-state index >= 15 is 0 Å². The number of ether oxygens (including phenoxy) is 2. The summed E-state index contributed by atoms with van der Waals surface area (Å²) in [5.41, 5.74) is 3.92. The van der Waals surface area contributed by atoms with Crippen molar-refractivity contribution in [1.29, 1.82) is 0 Å². The number of rotatable bonds is 11. The smallest absolute Gasteiger partial charge is 0.127 e. The standard InChI is InChI=1S/C17H30N2O2/c1-4-5-6-7-8-9-11-14(19-18)17-15(20-2)12-10-13-16(17)21-3/h10,12-14,19H,4-9,11,18H2,1-3H3. The van der Waals surface area contributed by atoms with Crippen LogP contribution in [0, 0.1) is 0 Å². The first-order valence-corrected chi connectivity index (χ1v) is 7.95. The van der Waals surface area contributed by atoms with Crippen molar-refractivity contribution in [3.8, 4) is 11.5 Å². The molecule has 4 heteroatoms. The van der Waals surface area contributed by atoms with Gasteiger partial charge in [0.15, 0.2) is 0 Å². The Bertz CT molecular complexity index is 374. The van der Waals surface area contributed by atoms with Gasteiger partial charge in [-0.1, -0.05) is 51.5 Å². The minimum absolute atomic E-state index is 0.0577. The monoisotopic (exact) mass is 294 g/mol. The Morgan fingerprint density at radius 2 is 1.57 bits per heavy atom. The summed E-state index contributed by atoms with van der Waals surface area (Å²) in [6.45, 7) is 2.24. The SMILES string of the molecule is CCCCCCCCC(NN)c1c(OC)cccc1OC. The third kappa shape index (κ3) is 5.56. The highest BCUT2D eigenvalue weighted by molar-refractivity contribution is 5.46. The molecule has 1 atom stereocenters. The lowest BCUT2D eigenvalue weighted by Gasteiger charge is -2.21. The van der Waals surface area contributed by atoms with E-state index in [1.54, 1.807) is 14.2 Å². The third-order valence-electron chi connectivity index (χ3n) is 3.86. The predicted molar refractivity (Wildman–Crippen MR) is 87.6 cm³/mol. The van der Waals surface area contributed by atoms with Gasteiger partial charge < -0.3 is 9.47 Å². The van der Waals surface area contributed by atoms with E-state index in [4.69, 9.17) is 15.3 Å². The number of methoxy groups -OCH3 is 2. The first-order valence-electron chi connectivity index (χ1n) is 7.95. The molecule has 4 nitrogen and oxygen atoms in total. The maximum atomic E-state index is 5.75. The summed E-state index contributed by atoms with van der Waals surface area (Å²) in [6, 6.07) is 5.88. The number of hydrazine groups is 1. The predicted octanol–water partition coefficient (Wildman–Crippen LogP) is 3.96. The van der Waals surface area contributed by atoms with Crippen LogP contribution >= 0.6 is 0 Å². The topological polar surface area (TPSA) is 56.5 Å². The molecule has 21 heavy (non-hydrogen) atoms. The Labute approximate surface area is 129 Å². The Balaban J connectivity index is 2.63. The van der Waals surface area contributed by atoms with Crippen molar-refractivity contribution in [1.82, 2.24) is 5.43 Å². The normalized spacial score (nSPS) is 12.2. The van der Waals surface area contributed by atoms with E-state index in [2.05, 4.69) is 12.3 Å². The van der Waals surface area contributed by atoms with Crippen molar-refractivity contribution in [2.24, 2.45) is 5.84 Å². The fourth-order valence-electron chi connectivity index (χ4n) is 2.66. The van der Waals surface area contributed by atoms with Gasteiger partial charge in [-0.25, -0.2) is 0 Å². The van der Waals surface area contributed by atoms with Gasteiger partial charge in [0.05, 0.1) is 25.8 Å². The van der Waals surface area contributed by atoms with E-state index in [0.29, 0.717) is 0 Å². The lowest BCUT2D eigenvalue weighted by molar-refractivity contribution is 0.363. The summed E-state index contributed by atoms with van der Waals surface area (Å²) < 4.78 is 10.9. The van der Waals surface area contributed by atoms with E-state index in [9.17, 15) is 0 Å². The van der Waals surface area contributed by atoms with Crippen LogP contribution in [0.4, 0.5) is 0 Å². The lowest BCUT2D eigenvalue weighted by Crippen LogP contribution is -2.28. The molecular weight excluding hydrogens is 264 g/mol. The molecule has 0 aliphatic carbocycles. The highest BCUT2D eigenvalue weighted by atomic mass is 16.5. The van der Waals surface area contributed by atoms with Crippen LogP contribution in [-0.2, 0) is 0 Å². The molecule has 0 radical (unpaired) electrons. The van der Waals surface area contributed by atoms with Crippen molar-refractivity contribution in [3.63, 3.8) is 0 Å². The number of nitrogens with two attached hydrogens (primary N) is 1. The zero-order chi connectivity index (χ0) is 15.5. The second-order valence-corrected chi connectivity index (χ2v) is 5.35. The summed E-state index contributed by atoms with van der Waals surface area (Å²) in [7, 11) is 3.35. The second-order valence-electron chi connectivity index (χ2n) is 5.35. The van der Waals surface area contributed by atoms with Crippen LogP contribution < -0.4 is 20.7 Å². The van der Waals surface area contributed by atoms with Crippen LogP contribution in [0.2, 0.25) is 0 Å². The fourth-order valence-corrected chi connectivity index (χ4v) is 2.66. The number of unbranched alkanes of at least 4 members (excludes halogenated alkanes) is 5. The zero-order valence-corrected chi connectivity index (χ0v) is 13.7. The molecule has 0 amide bonds. The van der Waals surface area contributed by atoms with Gasteiger partial charge in [0.2, 0.25) is 0 Å². The molecule has 0 spiro atoms. The molecule has 0 heterocycles. The Morgan fingerprint density at radius 1 is 1.00 bits per heavy atom. The Kier molecular flexibility index (Phi) is 8.87. The number of nitrogens with one attached hydrogen (secondary N) is 1. The van der Waals surface area contributed by atoms with Crippen LogP contribution in [0.5, 0.6) is 11.5 Å². The van der Waals surface area contributed by atoms with Gasteiger partial charge in [-0.05, 0) is 18.6 Å². The molecule has 0 aliphatic heterocycles. The molecule has 0 aliphatic rings. The summed E-state index contributed by atoms with van der Waals surface area (Å²) in [5.74, 6) is 7.40. The molecule has 0 saturated heterocycles. The van der Waals surface area contributed by atoms with Crippen molar-refractivity contribution < 1.29 is 9.47 Å². The van der Waals surface area contributed by atoms with Gasteiger partial charge in [0.1, 0.15) is 11.5 Å². The lowest BCUT2D eigenvalue weighted by atomic mass is 9.98. The fraction of sp³-hybridized carbons (Fsp3) is 0.647. The van der Waals surface area contributed by atoms with Crippen LogP contribution in [-0.4, -0.2) is 14.2 Å². The third-order valence-corrected chi connectivity index (χ3v) is 3.86. The summed E-state index contributed by atoms with van der Waals surface area (Å²) in [4.78, 5) is 0. The van der Waals surface area contributed by atoms with Crippen molar-refractivity contribution >= 4 is 0 Å².